The molecule has 156 valence electrons. The van der Waals surface area contributed by atoms with Crippen LogP contribution in [0.25, 0.3) is 32.4 Å². The Morgan fingerprint density at radius 2 is 1.59 bits per heavy atom. The van der Waals surface area contributed by atoms with Crippen LogP contribution in [0.2, 0.25) is 0 Å². The Balaban J connectivity index is 1.39. The number of anilines is 1. The molecular formula is C25H17N3O3S. The van der Waals surface area contributed by atoms with Gasteiger partial charge in [0.1, 0.15) is 13.2 Å². The second-order valence-electron chi connectivity index (χ2n) is 7.37. The molecule has 1 aliphatic heterocycles. The molecule has 0 radical (unpaired) electrons. The lowest BCUT2D eigenvalue weighted by atomic mass is 10.0. The molecule has 1 aliphatic rings. The molecular weight excluding hydrogens is 422 g/mol. The van der Waals surface area contributed by atoms with Crippen molar-refractivity contribution in [2.75, 3.05) is 18.5 Å². The van der Waals surface area contributed by atoms with Crippen LogP contribution >= 0.6 is 11.3 Å². The number of thiazole rings is 1. The van der Waals surface area contributed by atoms with E-state index in [1.54, 1.807) is 0 Å². The predicted molar refractivity (Wildman–Crippen MR) is 126 cm³/mol. The fraction of sp³-hybridized carbons (Fsp3) is 0.0800. The van der Waals surface area contributed by atoms with E-state index in [-0.39, 0.29) is 5.91 Å². The fourth-order valence-corrected chi connectivity index (χ4v) is 4.67. The third-order valence-electron chi connectivity index (χ3n) is 5.30. The van der Waals surface area contributed by atoms with E-state index in [4.69, 9.17) is 14.5 Å². The molecule has 0 fully saturated rings. The number of carbonyl (C=O) groups excluding carboxylic acids is 1. The molecule has 0 saturated heterocycles. The molecule has 0 atom stereocenters. The Hall–Kier alpha value is -3.97. The molecule has 1 N–H and O–H groups in total. The van der Waals surface area contributed by atoms with Gasteiger partial charge in [-0.25, -0.2) is 9.97 Å². The van der Waals surface area contributed by atoms with Crippen molar-refractivity contribution >= 4 is 43.5 Å². The molecule has 0 saturated carbocycles. The van der Waals surface area contributed by atoms with Gasteiger partial charge in [0.2, 0.25) is 0 Å². The van der Waals surface area contributed by atoms with Crippen LogP contribution < -0.4 is 14.8 Å². The van der Waals surface area contributed by atoms with E-state index in [0.29, 0.717) is 35.4 Å². The molecule has 1 amide bonds. The summed E-state index contributed by atoms with van der Waals surface area (Å²) in [7, 11) is 0. The quantitative estimate of drug-likeness (QED) is 0.400. The molecule has 7 heteroatoms. The molecule has 5 aromatic rings. The minimum Gasteiger partial charge on any atom is -0.486 e. The standard InChI is InChI=1S/C25H17N3O3S/c29-24(28-25-27-20-13-21-22(14-23(20)32-25)31-11-10-30-21)17-12-19(15-6-2-1-3-7-15)26-18-9-5-4-8-16(17)18/h1-9,12-14H,10-11H2,(H,27,28,29). The highest BCUT2D eigenvalue weighted by Gasteiger charge is 2.18. The predicted octanol–water partition coefficient (Wildman–Crippen LogP) is 5.54. The number of hydrogen-bond donors (Lipinski definition) is 1. The SMILES string of the molecule is O=C(Nc1nc2cc3c(cc2s1)OCCO3)c1cc(-c2ccccc2)nc2ccccc12. The second-order valence-corrected chi connectivity index (χ2v) is 8.41. The lowest BCUT2D eigenvalue weighted by molar-refractivity contribution is 0.102. The number of pyridine rings is 1. The first kappa shape index (κ1) is 18.8. The van der Waals surface area contributed by atoms with Crippen LogP contribution in [0.5, 0.6) is 11.5 Å². The number of benzene rings is 3. The Kier molecular flexibility index (Phi) is 4.47. The maximum Gasteiger partial charge on any atom is 0.258 e. The number of para-hydroxylation sites is 1. The monoisotopic (exact) mass is 439 g/mol. The highest BCUT2D eigenvalue weighted by molar-refractivity contribution is 7.22. The van der Waals surface area contributed by atoms with Crippen LogP contribution in [0.3, 0.4) is 0 Å². The summed E-state index contributed by atoms with van der Waals surface area (Å²) >= 11 is 1.40. The molecule has 3 heterocycles. The summed E-state index contributed by atoms with van der Waals surface area (Å²) in [4.78, 5) is 22.7. The van der Waals surface area contributed by atoms with E-state index in [1.165, 1.54) is 11.3 Å². The normalized spacial score (nSPS) is 12.8. The Morgan fingerprint density at radius 1 is 0.844 bits per heavy atom. The summed E-state index contributed by atoms with van der Waals surface area (Å²) in [5.74, 6) is 1.16. The summed E-state index contributed by atoms with van der Waals surface area (Å²) in [5.41, 5.74) is 3.79. The van der Waals surface area contributed by atoms with E-state index in [1.807, 2.05) is 72.8 Å². The number of rotatable bonds is 3. The van der Waals surface area contributed by atoms with E-state index < -0.39 is 0 Å². The van der Waals surface area contributed by atoms with Crippen LogP contribution in [0, 0.1) is 0 Å². The molecule has 2 aromatic heterocycles. The molecule has 3 aromatic carbocycles. The van der Waals surface area contributed by atoms with Gasteiger partial charge in [-0.2, -0.15) is 0 Å². The van der Waals surface area contributed by atoms with E-state index in [9.17, 15) is 4.79 Å². The van der Waals surface area contributed by atoms with E-state index in [0.717, 1.165) is 32.4 Å². The van der Waals surface area contributed by atoms with Crippen molar-refractivity contribution < 1.29 is 14.3 Å². The van der Waals surface area contributed by atoms with Gasteiger partial charge >= 0.3 is 0 Å². The summed E-state index contributed by atoms with van der Waals surface area (Å²) in [5, 5.41) is 4.29. The average Bonchev–Trinajstić information content (AvgIpc) is 3.23. The van der Waals surface area contributed by atoms with E-state index >= 15 is 0 Å². The number of hydrogen-bond acceptors (Lipinski definition) is 6. The van der Waals surface area contributed by atoms with E-state index in [2.05, 4.69) is 10.3 Å². The summed E-state index contributed by atoms with van der Waals surface area (Å²) in [6.45, 7) is 1.05. The molecule has 32 heavy (non-hydrogen) atoms. The number of aromatic nitrogens is 2. The van der Waals surface area contributed by atoms with Gasteiger partial charge in [0.05, 0.1) is 27.0 Å². The Labute approximate surface area is 187 Å². The zero-order valence-corrected chi connectivity index (χ0v) is 17.7. The minimum atomic E-state index is -0.225. The van der Waals surface area contributed by atoms with Crippen molar-refractivity contribution in [3.05, 3.63) is 78.4 Å². The van der Waals surface area contributed by atoms with Gasteiger partial charge in [0.25, 0.3) is 5.91 Å². The highest BCUT2D eigenvalue weighted by atomic mass is 32.1. The van der Waals surface area contributed by atoms with Gasteiger partial charge in [-0.05, 0) is 12.1 Å². The first-order chi connectivity index (χ1) is 15.7. The number of nitrogens with one attached hydrogen (secondary N) is 1. The Bertz CT molecular complexity index is 1440. The fourth-order valence-electron chi connectivity index (χ4n) is 3.80. The van der Waals surface area contributed by atoms with Crippen LogP contribution in [0.1, 0.15) is 10.4 Å². The highest BCUT2D eigenvalue weighted by Crippen LogP contribution is 2.38. The molecule has 0 bridgehead atoms. The van der Waals surface area contributed by atoms with Crippen LogP contribution in [0.15, 0.2) is 72.8 Å². The first-order valence-corrected chi connectivity index (χ1v) is 11.0. The van der Waals surface area contributed by atoms with Crippen LogP contribution in [-0.4, -0.2) is 29.1 Å². The number of nitrogens with zero attached hydrogens (tertiary/aromatic N) is 2. The summed E-state index contributed by atoms with van der Waals surface area (Å²) in [6.07, 6.45) is 0. The van der Waals surface area contributed by atoms with Crippen molar-refractivity contribution in [1.82, 2.24) is 9.97 Å². The summed E-state index contributed by atoms with van der Waals surface area (Å²) < 4.78 is 12.2. The third kappa shape index (κ3) is 3.33. The molecule has 6 rings (SSSR count). The van der Waals surface area contributed by atoms with Gasteiger partial charge < -0.3 is 9.47 Å². The molecule has 0 aliphatic carbocycles. The average molecular weight is 439 g/mol. The number of ether oxygens (including phenoxy) is 2. The van der Waals surface area contributed by atoms with Crippen molar-refractivity contribution in [2.45, 2.75) is 0 Å². The lowest BCUT2D eigenvalue weighted by Gasteiger charge is -2.17. The van der Waals surface area contributed by atoms with Crippen molar-refractivity contribution in [3.63, 3.8) is 0 Å². The smallest absolute Gasteiger partial charge is 0.258 e. The van der Waals surface area contributed by atoms with Crippen molar-refractivity contribution in [2.24, 2.45) is 0 Å². The van der Waals surface area contributed by atoms with Crippen LogP contribution in [-0.2, 0) is 0 Å². The second kappa shape index (κ2) is 7.62. The third-order valence-corrected chi connectivity index (χ3v) is 6.24. The number of amides is 1. The minimum absolute atomic E-state index is 0.225. The van der Waals surface area contributed by atoms with Gasteiger partial charge in [0, 0.05) is 23.1 Å². The van der Waals surface area contributed by atoms with Gasteiger partial charge in [-0.1, -0.05) is 59.9 Å². The zero-order valence-electron chi connectivity index (χ0n) is 16.9. The summed E-state index contributed by atoms with van der Waals surface area (Å²) in [6, 6.07) is 23.1. The maximum atomic E-state index is 13.3. The first-order valence-electron chi connectivity index (χ1n) is 10.2. The van der Waals surface area contributed by atoms with Crippen LogP contribution in [0.4, 0.5) is 5.13 Å². The van der Waals surface area contributed by atoms with Crippen molar-refractivity contribution in [3.8, 4) is 22.8 Å². The largest absolute Gasteiger partial charge is 0.486 e. The maximum absolute atomic E-state index is 13.3. The Morgan fingerprint density at radius 3 is 2.44 bits per heavy atom. The van der Waals surface area contributed by atoms with Crippen molar-refractivity contribution in [1.29, 1.82) is 0 Å². The lowest BCUT2D eigenvalue weighted by Crippen LogP contribution is -2.15. The molecule has 0 spiro atoms. The number of fused-ring (bicyclic) bond motifs is 3. The topological polar surface area (TPSA) is 73.3 Å². The zero-order chi connectivity index (χ0) is 21.5. The van der Waals surface area contributed by atoms with Gasteiger partial charge in [-0.15, -0.1) is 0 Å². The van der Waals surface area contributed by atoms with Gasteiger partial charge in [0.15, 0.2) is 16.6 Å². The molecule has 0 unspecified atom stereocenters. The van der Waals surface area contributed by atoms with Gasteiger partial charge in [-0.3, -0.25) is 10.1 Å². The number of carbonyl (C=O) groups is 1. The molecule has 6 nitrogen and oxygen atoms in total.